The van der Waals surface area contributed by atoms with Crippen molar-refractivity contribution in [1.29, 1.82) is 0 Å². The van der Waals surface area contributed by atoms with E-state index in [1.807, 2.05) is 13.0 Å². The van der Waals surface area contributed by atoms with Gasteiger partial charge in [0.15, 0.2) is 0 Å². The Morgan fingerprint density at radius 1 is 1.06 bits per heavy atom. The van der Waals surface area contributed by atoms with E-state index in [-0.39, 0.29) is 17.3 Å². The molecule has 3 rings (SSSR count). The van der Waals surface area contributed by atoms with Crippen molar-refractivity contribution in [2.24, 2.45) is 0 Å². The molecule has 2 N–H and O–H groups in total. The minimum absolute atomic E-state index is 0.0339. The van der Waals surface area contributed by atoms with Crippen LogP contribution < -0.4 is 14.9 Å². The van der Waals surface area contributed by atoms with Crippen LogP contribution in [0.2, 0.25) is 5.02 Å². The second-order valence-corrected chi connectivity index (χ2v) is 9.28. The summed E-state index contributed by atoms with van der Waals surface area (Å²) in [6, 6.07) is 15.3. The molecule has 0 aliphatic heterocycles. The number of halogens is 1. The number of amides is 1. The van der Waals surface area contributed by atoms with Crippen molar-refractivity contribution in [3.05, 3.63) is 76.9 Å². The van der Waals surface area contributed by atoms with Gasteiger partial charge in [-0.25, -0.2) is 13.4 Å². The van der Waals surface area contributed by atoms with Crippen molar-refractivity contribution in [2.75, 3.05) is 28.5 Å². The normalized spacial score (nSPS) is 11.1. The molecule has 0 aliphatic rings. The van der Waals surface area contributed by atoms with E-state index >= 15 is 0 Å². The minimum atomic E-state index is -3.82. The van der Waals surface area contributed by atoms with Crippen LogP contribution in [-0.2, 0) is 14.8 Å². The summed E-state index contributed by atoms with van der Waals surface area (Å²) >= 11 is 5.84. The number of rotatable bonds is 7. The van der Waals surface area contributed by atoms with E-state index in [9.17, 15) is 13.2 Å². The average molecular weight is 459 g/mol. The van der Waals surface area contributed by atoms with Gasteiger partial charge in [0, 0.05) is 24.6 Å². The van der Waals surface area contributed by atoms with E-state index in [2.05, 4.69) is 15.0 Å². The Bertz CT molecular complexity index is 1200. The van der Waals surface area contributed by atoms with E-state index in [0.29, 0.717) is 27.8 Å². The van der Waals surface area contributed by atoms with Gasteiger partial charge >= 0.3 is 0 Å². The van der Waals surface area contributed by atoms with Crippen LogP contribution in [0.15, 0.2) is 65.7 Å². The summed E-state index contributed by atoms with van der Waals surface area (Å²) in [5, 5.41) is 3.25. The summed E-state index contributed by atoms with van der Waals surface area (Å²) in [5.74, 6) is 0.284. The van der Waals surface area contributed by atoms with Crippen molar-refractivity contribution >= 4 is 44.7 Å². The van der Waals surface area contributed by atoms with Crippen LogP contribution in [0.3, 0.4) is 0 Å². The molecule has 1 aromatic heterocycles. The molecular formula is C22H23ClN4O3S. The molecule has 1 heterocycles. The number of nitrogens with one attached hydrogen (secondary N) is 2. The molecule has 0 aliphatic carbocycles. The molecule has 0 atom stereocenters. The van der Waals surface area contributed by atoms with Crippen LogP contribution in [0.5, 0.6) is 0 Å². The molecule has 0 bridgehead atoms. The van der Waals surface area contributed by atoms with E-state index in [1.165, 1.54) is 12.3 Å². The SMILES string of the molecule is Cc1cccc(NS(=O)(=O)c2cc(NC(=O)CN(C)c3ccc(Cl)cn3)ccc2C)c1. The van der Waals surface area contributed by atoms with Crippen molar-refractivity contribution in [1.82, 2.24) is 4.98 Å². The van der Waals surface area contributed by atoms with Crippen molar-refractivity contribution in [3.8, 4) is 0 Å². The summed E-state index contributed by atoms with van der Waals surface area (Å²) in [7, 11) is -2.09. The van der Waals surface area contributed by atoms with Crippen molar-refractivity contribution in [2.45, 2.75) is 18.7 Å². The number of benzene rings is 2. The van der Waals surface area contributed by atoms with Crippen LogP contribution in [0.4, 0.5) is 17.2 Å². The fraction of sp³-hybridized carbons (Fsp3) is 0.182. The van der Waals surface area contributed by atoms with Gasteiger partial charge < -0.3 is 10.2 Å². The summed E-state index contributed by atoms with van der Waals surface area (Å²) in [5.41, 5.74) is 2.38. The Balaban J connectivity index is 1.74. The van der Waals surface area contributed by atoms with Crippen LogP contribution in [0, 0.1) is 13.8 Å². The van der Waals surface area contributed by atoms with E-state index < -0.39 is 10.0 Å². The number of likely N-dealkylation sites (N-methyl/N-ethyl adjacent to an activating group) is 1. The lowest BCUT2D eigenvalue weighted by atomic mass is 10.2. The molecule has 3 aromatic rings. The smallest absolute Gasteiger partial charge is 0.262 e. The summed E-state index contributed by atoms with van der Waals surface area (Å²) in [6.45, 7) is 3.62. The topological polar surface area (TPSA) is 91.4 Å². The first-order valence-electron chi connectivity index (χ1n) is 9.47. The van der Waals surface area contributed by atoms with Gasteiger partial charge in [0.2, 0.25) is 5.91 Å². The molecule has 0 fully saturated rings. The number of pyridine rings is 1. The van der Waals surface area contributed by atoms with E-state index in [0.717, 1.165) is 5.56 Å². The standard InChI is InChI=1S/C22H23ClN4O3S/c1-15-5-4-6-19(11-15)26-31(29,30)20-12-18(9-7-16(20)2)25-22(28)14-27(3)21-10-8-17(23)13-24-21/h4-13,26H,14H2,1-3H3,(H,25,28). The maximum absolute atomic E-state index is 12.9. The quantitative estimate of drug-likeness (QED) is 0.553. The monoisotopic (exact) mass is 458 g/mol. The fourth-order valence-electron chi connectivity index (χ4n) is 2.98. The van der Waals surface area contributed by atoms with Crippen LogP contribution in [0.25, 0.3) is 0 Å². The maximum atomic E-state index is 12.9. The zero-order chi connectivity index (χ0) is 22.6. The lowest BCUT2D eigenvalue weighted by Gasteiger charge is -2.18. The molecule has 0 saturated carbocycles. The average Bonchev–Trinajstić information content (AvgIpc) is 2.69. The molecule has 31 heavy (non-hydrogen) atoms. The van der Waals surface area contributed by atoms with Gasteiger partial charge in [0.05, 0.1) is 16.5 Å². The predicted molar refractivity (Wildman–Crippen MR) is 124 cm³/mol. The lowest BCUT2D eigenvalue weighted by molar-refractivity contribution is -0.114. The second kappa shape index (κ2) is 9.36. The van der Waals surface area contributed by atoms with Gasteiger partial charge in [-0.05, 0) is 61.4 Å². The molecule has 0 radical (unpaired) electrons. The van der Waals surface area contributed by atoms with Crippen molar-refractivity contribution in [3.63, 3.8) is 0 Å². The molecule has 162 valence electrons. The number of carbonyl (C=O) groups is 1. The van der Waals surface area contributed by atoms with Gasteiger partial charge in [-0.1, -0.05) is 29.8 Å². The van der Waals surface area contributed by atoms with Crippen LogP contribution in [-0.4, -0.2) is 32.9 Å². The summed E-state index contributed by atoms with van der Waals surface area (Å²) < 4.78 is 28.4. The number of anilines is 3. The molecule has 9 heteroatoms. The van der Waals surface area contributed by atoms with Gasteiger partial charge in [0.25, 0.3) is 10.0 Å². The first kappa shape index (κ1) is 22.6. The molecular weight excluding hydrogens is 436 g/mol. The minimum Gasteiger partial charge on any atom is -0.350 e. The Hall–Kier alpha value is -3.10. The van der Waals surface area contributed by atoms with Gasteiger partial charge in [-0.3, -0.25) is 9.52 Å². The Morgan fingerprint density at radius 2 is 1.84 bits per heavy atom. The number of hydrogen-bond donors (Lipinski definition) is 2. The maximum Gasteiger partial charge on any atom is 0.262 e. The molecule has 1 amide bonds. The zero-order valence-corrected chi connectivity index (χ0v) is 19.0. The van der Waals surface area contributed by atoms with E-state index in [1.54, 1.807) is 61.3 Å². The number of aromatic nitrogens is 1. The van der Waals surface area contributed by atoms with E-state index in [4.69, 9.17) is 11.6 Å². The van der Waals surface area contributed by atoms with Gasteiger partial charge in [0.1, 0.15) is 5.82 Å². The predicted octanol–water partition coefficient (Wildman–Crippen LogP) is 4.23. The first-order valence-corrected chi connectivity index (χ1v) is 11.3. The molecule has 2 aromatic carbocycles. The lowest BCUT2D eigenvalue weighted by Crippen LogP contribution is -2.30. The number of hydrogen-bond acceptors (Lipinski definition) is 5. The van der Waals surface area contributed by atoms with Crippen LogP contribution in [0.1, 0.15) is 11.1 Å². The number of carbonyl (C=O) groups excluding carboxylic acids is 1. The zero-order valence-electron chi connectivity index (χ0n) is 17.4. The van der Waals surface area contributed by atoms with Gasteiger partial charge in [-0.15, -0.1) is 0 Å². The van der Waals surface area contributed by atoms with Gasteiger partial charge in [-0.2, -0.15) is 0 Å². The Kier molecular flexibility index (Phi) is 6.82. The number of nitrogens with zero attached hydrogens (tertiary/aromatic N) is 2. The summed E-state index contributed by atoms with van der Waals surface area (Å²) in [4.78, 5) is 18.4. The summed E-state index contributed by atoms with van der Waals surface area (Å²) in [6.07, 6.45) is 1.50. The first-order chi connectivity index (χ1) is 14.6. The number of aryl methyl sites for hydroxylation is 2. The van der Waals surface area contributed by atoms with Crippen molar-refractivity contribution < 1.29 is 13.2 Å². The largest absolute Gasteiger partial charge is 0.350 e. The third kappa shape index (κ3) is 5.96. The van der Waals surface area contributed by atoms with Crippen LogP contribution >= 0.6 is 11.6 Å². The molecule has 0 spiro atoms. The second-order valence-electron chi connectivity index (χ2n) is 7.19. The third-order valence-corrected chi connectivity index (χ3v) is 6.26. The Morgan fingerprint density at radius 3 is 2.52 bits per heavy atom. The highest BCUT2D eigenvalue weighted by Gasteiger charge is 2.19. The molecule has 7 nitrogen and oxygen atoms in total. The fourth-order valence-corrected chi connectivity index (χ4v) is 4.41. The molecule has 0 saturated heterocycles. The highest BCUT2D eigenvalue weighted by atomic mass is 35.5. The number of sulfonamides is 1. The Labute approximate surface area is 187 Å². The highest BCUT2D eigenvalue weighted by Crippen LogP contribution is 2.23. The third-order valence-electron chi connectivity index (χ3n) is 4.52. The molecule has 0 unspecified atom stereocenters. The highest BCUT2D eigenvalue weighted by molar-refractivity contribution is 7.92.